The molecule has 2 heterocycles. The van der Waals surface area contributed by atoms with Crippen molar-refractivity contribution in [2.24, 2.45) is 0 Å². The molecule has 148 valence electrons. The van der Waals surface area contributed by atoms with Gasteiger partial charge in [-0.05, 0) is 24.3 Å². The minimum atomic E-state index is -0.884. The second kappa shape index (κ2) is 8.91. The maximum Gasteiger partial charge on any atom is 0.229 e. The van der Waals surface area contributed by atoms with Crippen LogP contribution in [-0.4, -0.2) is 47.2 Å². The van der Waals surface area contributed by atoms with Crippen molar-refractivity contribution in [1.82, 2.24) is 9.47 Å². The number of para-hydroxylation sites is 1. The molecule has 1 saturated heterocycles. The minimum absolute atomic E-state index is 0.0286. The molecule has 1 aliphatic heterocycles. The fourth-order valence-electron chi connectivity index (χ4n) is 3.81. The number of amides is 1. The van der Waals surface area contributed by atoms with Gasteiger partial charge in [-0.25, -0.2) is 4.79 Å². The van der Waals surface area contributed by atoms with E-state index in [2.05, 4.69) is 10.5 Å². The molecule has 0 bridgehead atoms. The Hall–Kier alpha value is -2.82. The molecule has 2 aromatic rings. The van der Waals surface area contributed by atoms with Crippen molar-refractivity contribution in [2.45, 2.75) is 38.5 Å². The Labute approximate surface area is 166 Å². The summed E-state index contributed by atoms with van der Waals surface area (Å²) in [5.41, 5.74) is 0.442. The summed E-state index contributed by atoms with van der Waals surface area (Å²) in [7, 11) is 1.61. The van der Waals surface area contributed by atoms with E-state index in [1.165, 1.54) is 0 Å². The highest BCUT2D eigenvalue weighted by molar-refractivity contribution is 5.94. The van der Waals surface area contributed by atoms with E-state index in [4.69, 9.17) is 4.74 Å². The number of hydrogen-bond donors (Lipinski definition) is 0. The maximum absolute atomic E-state index is 12.9. The first-order valence-corrected chi connectivity index (χ1v) is 9.66. The lowest BCUT2D eigenvalue weighted by Crippen LogP contribution is -2.58. The predicted octanol–water partition coefficient (Wildman–Crippen LogP) is 3.09. The van der Waals surface area contributed by atoms with Gasteiger partial charge in [-0.15, -0.1) is 0 Å². The third-order valence-electron chi connectivity index (χ3n) is 5.36. The third-order valence-corrected chi connectivity index (χ3v) is 5.36. The number of rotatable bonds is 7. The van der Waals surface area contributed by atoms with Gasteiger partial charge in [0.2, 0.25) is 5.91 Å². The van der Waals surface area contributed by atoms with E-state index in [9.17, 15) is 9.59 Å². The summed E-state index contributed by atoms with van der Waals surface area (Å²) < 4.78 is 8.00. The van der Waals surface area contributed by atoms with E-state index in [-0.39, 0.29) is 5.91 Å². The Kier molecular flexibility index (Phi) is 6.34. The molecule has 0 radical (unpaired) electrons. The topological polar surface area (TPSA) is 54.8 Å². The normalized spacial score (nSPS) is 19.4. The first kappa shape index (κ1) is 19.9. The lowest BCUT2D eigenvalue weighted by molar-refractivity contribution is -0.126. The molecule has 3 rings (SSSR count). The molecule has 0 N–H and O–H groups in total. The second-order valence-electron chi connectivity index (χ2n) is 6.95. The van der Waals surface area contributed by atoms with Gasteiger partial charge in [-0.3, -0.25) is 9.69 Å². The van der Waals surface area contributed by atoms with Gasteiger partial charge >= 0.3 is 0 Å². The number of carbonyl (C=O) groups excluding carboxylic acids is 2. The van der Waals surface area contributed by atoms with Crippen LogP contribution in [0.25, 0.3) is 0 Å². The average Bonchev–Trinajstić information content (AvgIpc) is 3.27. The minimum Gasteiger partial charge on any atom is -0.364 e. The van der Waals surface area contributed by atoms with Crippen molar-refractivity contribution >= 4 is 17.5 Å². The van der Waals surface area contributed by atoms with Crippen molar-refractivity contribution in [3.63, 3.8) is 0 Å². The van der Waals surface area contributed by atoms with E-state index >= 15 is 0 Å². The van der Waals surface area contributed by atoms with Crippen molar-refractivity contribution < 1.29 is 14.3 Å². The molecular formula is C22H27N3O3. The number of hydrogen-bond acceptors (Lipinski definition) is 4. The van der Waals surface area contributed by atoms with Crippen molar-refractivity contribution in [3.05, 3.63) is 60.6 Å². The van der Waals surface area contributed by atoms with Crippen molar-refractivity contribution in [3.8, 4) is 0 Å². The molecule has 1 atom stereocenters. The summed E-state index contributed by atoms with van der Waals surface area (Å²) in [5.74, 6) is 2.07. The molecule has 6 nitrogen and oxygen atoms in total. The van der Waals surface area contributed by atoms with Crippen LogP contribution in [0.3, 0.4) is 0 Å². The number of benzene rings is 1. The Morgan fingerprint density at radius 2 is 1.89 bits per heavy atom. The molecule has 1 aromatic carbocycles. The van der Waals surface area contributed by atoms with Gasteiger partial charge in [-0.1, -0.05) is 25.1 Å². The summed E-state index contributed by atoms with van der Waals surface area (Å²) in [6, 6.07) is 13.5. The molecular weight excluding hydrogens is 354 g/mol. The standard InChI is InChI=1S/C22H27N3O3/c1-3-21(27)25(19-9-5-4-6-10-19)22(28-2)11-14-24(20(17-22)18-26)16-15-23-12-7-8-13-23/h4-10,12-13H,3,11,14-17H2,1-2H3. The van der Waals surface area contributed by atoms with Crippen LogP contribution >= 0.6 is 0 Å². The van der Waals surface area contributed by atoms with Gasteiger partial charge in [-0.2, -0.15) is 0 Å². The van der Waals surface area contributed by atoms with E-state index in [0.29, 0.717) is 38.0 Å². The number of methoxy groups -OCH3 is 1. The largest absolute Gasteiger partial charge is 0.364 e. The van der Waals surface area contributed by atoms with Gasteiger partial charge in [0.25, 0.3) is 0 Å². The smallest absolute Gasteiger partial charge is 0.229 e. The highest BCUT2D eigenvalue weighted by atomic mass is 16.5. The summed E-state index contributed by atoms with van der Waals surface area (Å²) in [6.07, 6.45) is 5.30. The first-order chi connectivity index (χ1) is 13.6. The zero-order chi connectivity index (χ0) is 20.0. The lowest BCUT2D eigenvalue weighted by atomic mass is 9.94. The Morgan fingerprint density at radius 3 is 2.50 bits per heavy atom. The van der Waals surface area contributed by atoms with Gasteiger partial charge in [0, 0.05) is 64.1 Å². The van der Waals surface area contributed by atoms with Gasteiger partial charge < -0.3 is 14.2 Å². The SMILES string of the molecule is CCC(=O)N(c1ccccc1)C1(OC)CCN(CCn2cccc2)C(=C=O)C1. The number of carbonyl (C=O) groups is 1. The molecule has 1 aromatic heterocycles. The lowest BCUT2D eigenvalue weighted by Gasteiger charge is -2.48. The van der Waals surface area contributed by atoms with E-state index < -0.39 is 5.72 Å². The number of piperidine rings is 1. The van der Waals surface area contributed by atoms with Crippen molar-refractivity contribution in [2.75, 3.05) is 25.1 Å². The maximum atomic E-state index is 12.9. The Morgan fingerprint density at radius 1 is 1.18 bits per heavy atom. The fraction of sp³-hybridized carbons (Fsp3) is 0.409. The summed E-state index contributed by atoms with van der Waals surface area (Å²) >= 11 is 0. The van der Waals surface area contributed by atoms with Crippen LogP contribution in [0, 0.1) is 0 Å². The molecule has 6 heteroatoms. The predicted molar refractivity (Wildman–Crippen MR) is 108 cm³/mol. The summed E-state index contributed by atoms with van der Waals surface area (Å²) in [6.45, 7) is 3.96. The van der Waals surface area contributed by atoms with E-state index in [1.807, 2.05) is 66.7 Å². The number of ether oxygens (including phenoxy) is 1. The average molecular weight is 381 g/mol. The van der Waals surface area contributed by atoms with Crippen LogP contribution in [0.2, 0.25) is 0 Å². The Balaban J connectivity index is 1.84. The van der Waals surface area contributed by atoms with Crippen LogP contribution in [0.1, 0.15) is 26.2 Å². The number of likely N-dealkylation sites (tertiary alicyclic amines) is 1. The molecule has 1 amide bonds. The van der Waals surface area contributed by atoms with E-state index in [0.717, 1.165) is 12.2 Å². The van der Waals surface area contributed by atoms with Crippen LogP contribution in [0.5, 0.6) is 0 Å². The number of anilines is 1. The summed E-state index contributed by atoms with van der Waals surface area (Å²) in [5, 5.41) is 0. The highest BCUT2D eigenvalue weighted by Crippen LogP contribution is 2.37. The zero-order valence-electron chi connectivity index (χ0n) is 16.5. The zero-order valence-corrected chi connectivity index (χ0v) is 16.5. The molecule has 0 aliphatic carbocycles. The van der Waals surface area contributed by atoms with Crippen LogP contribution in [0.4, 0.5) is 5.69 Å². The van der Waals surface area contributed by atoms with Gasteiger partial charge in [0.1, 0.15) is 11.6 Å². The van der Waals surface area contributed by atoms with E-state index in [1.54, 1.807) is 12.0 Å². The summed E-state index contributed by atoms with van der Waals surface area (Å²) in [4.78, 5) is 28.4. The number of aromatic nitrogens is 1. The third kappa shape index (κ3) is 4.03. The van der Waals surface area contributed by atoms with Crippen LogP contribution < -0.4 is 4.90 Å². The van der Waals surface area contributed by atoms with Gasteiger partial charge in [0.05, 0.1) is 0 Å². The second-order valence-corrected chi connectivity index (χ2v) is 6.95. The highest BCUT2D eigenvalue weighted by Gasteiger charge is 2.45. The molecule has 1 unspecified atom stereocenters. The van der Waals surface area contributed by atoms with Gasteiger partial charge in [0.15, 0.2) is 5.72 Å². The molecule has 0 spiro atoms. The molecule has 1 fully saturated rings. The fourth-order valence-corrected chi connectivity index (χ4v) is 3.81. The molecule has 28 heavy (non-hydrogen) atoms. The first-order valence-electron chi connectivity index (χ1n) is 9.66. The number of nitrogens with zero attached hydrogens (tertiary/aromatic N) is 3. The van der Waals surface area contributed by atoms with Crippen LogP contribution in [0.15, 0.2) is 60.6 Å². The monoisotopic (exact) mass is 381 g/mol. The van der Waals surface area contributed by atoms with Crippen molar-refractivity contribution in [1.29, 1.82) is 0 Å². The quantitative estimate of drug-likeness (QED) is 0.546. The molecule has 0 saturated carbocycles. The molecule has 1 aliphatic rings. The Bertz CT molecular complexity index is 828. The van der Waals surface area contributed by atoms with Crippen LogP contribution in [-0.2, 0) is 20.9 Å².